The van der Waals surface area contributed by atoms with E-state index in [2.05, 4.69) is 11.9 Å². The molecule has 6 heteroatoms. The Hall–Kier alpha value is -2.47. The molecule has 0 saturated carbocycles. The average Bonchev–Trinajstić information content (AvgIpc) is 2.90. The zero-order valence-corrected chi connectivity index (χ0v) is 14.6. The molecule has 0 unspecified atom stereocenters. The average molecular weight is 335 g/mol. The molecule has 0 radical (unpaired) electrons. The number of fused-ring (bicyclic) bond motifs is 2. The molecule has 0 aliphatic rings. The van der Waals surface area contributed by atoms with Gasteiger partial charge in [-0.15, -0.1) is 11.8 Å². The molecule has 4 rings (SSSR count). The minimum atomic E-state index is 0.826. The summed E-state index contributed by atoms with van der Waals surface area (Å²) in [6, 6.07) is 9.95. The molecule has 0 bridgehead atoms. The first-order valence-corrected chi connectivity index (χ1v) is 8.85. The Bertz CT molecular complexity index is 1050. The lowest BCUT2D eigenvalue weighted by Gasteiger charge is -2.08. The number of hydrogen-bond donors (Lipinski definition) is 0. The van der Waals surface area contributed by atoms with Gasteiger partial charge in [-0.25, -0.2) is 15.0 Å². The first-order valence-electron chi connectivity index (χ1n) is 7.86. The first kappa shape index (κ1) is 15.1. The van der Waals surface area contributed by atoms with Crippen LogP contribution in [-0.2, 0) is 7.05 Å². The van der Waals surface area contributed by atoms with Crippen LogP contribution in [0.1, 0.15) is 12.6 Å². The van der Waals surface area contributed by atoms with E-state index in [1.807, 2.05) is 55.1 Å². The zero-order chi connectivity index (χ0) is 16.7. The zero-order valence-electron chi connectivity index (χ0n) is 13.8. The Morgan fingerprint density at radius 3 is 2.54 bits per heavy atom. The predicted octanol–water partition coefficient (Wildman–Crippen LogP) is 4.00. The van der Waals surface area contributed by atoms with Crippen LogP contribution >= 0.6 is 11.8 Å². The number of hydrogen-bond acceptors (Lipinski definition) is 5. The van der Waals surface area contributed by atoms with Crippen LogP contribution in [0, 0.1) is 6.92 Å². The van der Waals surface area contributed by atoms with E-state index in [0.29, 0.717) is 0 Å². The van der Waals surface area contributed by atoms with Gasteiger partial charge >= 0.3 is 0 Å². The van der Waals surface area contributed by atoms with Gasteiger partial charge in [-0.3, -0.25) is 4.98 Å². The van der Waals surface area contributed by atoms with E-state index < -0.39 is 0 Å². The number of thioether (sulfide) groups is 1. The molecule has 0 saturated heterocycles. The Morgan fingerprint density at radius 1 is 1.04 bits per heavy atom. The van der Waals surface area contributed by atoms with Gasteiger partial charge in [0.05, 0.1) is 28.3 Å². The molecule has 4 aromatic rings. The van der Waals surface area contributed by atoms with Crippen LogP contribution in [0.3, 0.4) is 0 Å². The van der Waals surface area contributed by atoms with Crippen molar-refractivity contribution in [3.63, 3.8) is 0 Å². The number of aryl methyl sites for hydroxylation is 2. The second-order valence-electron chi connectivity index (χ2n) is 5.61. The number of benzene rings is 1. The van der Waals surface area contributed by atoms with Crippen LogP contribution in [0.5, 0.6) is 0 Å². The highest BCUT2D eigenvalue weighted by atomic mass is 32.2. The highest BCUT2D eigenvalue weighted by Crippen LogP contribution is 2.31. The van der Waals surface area contributed by atoms with Crippen LogP contribution in [0.4, 0.5) is 0 Å². The summed E-state index contributed by atoms with van der Waals surface area (Å²) in [6.07, 6.45) is 1.86. The van der Waals surface area contributed by atoms with E-state index in [4.69, 9.17) is 15.0 Å². The van der Waals surface area contributed by atoms with Crippen LogP contribution in [0.25, 0.3) is 33.6 Å². The molecule has 0 fully saturated rings. The highest BCUT2D eigenvalue weighted by molar-refractivity contribution is 7.99. The summed E-state index contributed by atoms with van der Waals surface area (Å²) in [5.74, 6) is 1.76. The first-order chi connectivity index (χ1) is 11.7. The fourth-order valence-corrected chi connectivity index (χ4v) is 3.48. The van der Waals surface area contributed by atoms with E-state index in [1.165, 1.54) is 0 Å². The maximum absolute atomic E-state index is 4.86. The Balaban J connectivity index is 2.01. The van der Waals surface area contributed by atoms with Gasteiger partial charge in [0.1, 0.15) is 10.7 Å². The minimum absolute atomic E-state index is 0.826. The van der Waals surface area contributed by atoms with Gasteiger partial charge in [0.25, 0.3) is 0 Å². The lowest BCUT2D eigenvalue weighted by atomic mass is 10.3. The Morgan fingerprint density at radius 2 is 1.79 bits per heavy atom. The van der Waals surface area contributed by atoms with Gasteiger partial charge in [-0.1, -0.05) is 19.1 Å². The summed E-state index contributed by atoms with van der Waals surface area (Å²) >= 11 is 1.69. The smallest absolute Gasteiger partial charge is 0.162 e. The normalized spacial score (nSPS) is 11.5. The second kappa shape index (κ2) is 5.87. The van der Waals surface area contributed by atoms with Crippen LogP contribution in [-0.4, -0.2) is 30.3 Å². The molecular formula is C18H17N5S. The maximum Gasteiger partial charge on any atom is 0.162 e. The van der Waals surface area contributed by atoms with Crippen LogP contribution in [0.2, 0.25) is 0 Å². The predicted molar refractivity (Wildman–Crippen MR) is 98.2 cm³/mol. The van der Waals surface area contributed by atoms with E-state index in [1.54, 1.807) is 11.8 Å². The Labute approximate surface area is 144 Å². The van der Waals surface area contributed by atoms with Crippen molar-refractivity contribution in [3.8, 4) is 11.5 Å². The molecule has 120 valence electrons. The van der Waals surface area contributed by atoms with E-state index in [-0.39, 0.29) is 0 Å². The van der Waals surface area contributed by atoms with Crippen molar-refractivity contribution >= 4 is 33.8 Å². The van der Waals surface area contributed by atoms with Gasteiger partial charge in [0, 0.05) is 12.7 Å². The van der Waals surface area contributed by atoms with Crippen molar-refractivity contribution in [2.24, 2.45) is 7.05 Å². The monoisotopic (exact) mass is 335 g/mol. The summed E-state index contributed by atoms with van der Waals surface area (Å²) in [7, 11) is 2.00. The standard InChI is InChI=1S/C18H17N5S/c1-4-24-18-16(20-12-7-5-6-8-13(12)22-18)17-21-14-9-11(2)19-10-15(14)23(17)3/h5-10H,4H2,1-3H3. The summed E-state index contributed by atoms with van der Waals surface area (Å²) in [5, 5.41) is 0.916. The third-order valence-corrected chi connectivity index (χ3v) is 4.78. The molecule has 0 atom stereocenters. The molecule has 5 nitrogen and oxygen atoms in total. The summed E-state index contributed by atoms with van der Waals surface area (Å²) in [4.78, 5) is 18.8. The molecule has 0 spiro atoms. The third kappa shape index (κ3) is 2.43. The fourth-order valence-electron chi connectivity index (χ4n) is 2.77. The van der Waals surface area contributed by atoms with Gasteiger partial charge in [0.15, 0.2) is 5.82 Å². The molecule has 0 aliphatic carbocycles. The number of para-hydroxylation sites is 2. The van der Waals surface area contributed by atoms with Crippen molar-refractivity contribution in [2.45, 2.75) is 18.9 Å². The topological polar surface area (TPSA) is 56.5 Å². The third-order valence-electron chi connectivity index (χ3n) is 3.94. The molecule has 1 aromatic carbocycles. The van der Waals surface area contributed by atoms with Gasteiger partial charge < -0.3 is 4.57 Å². The molecule has 0 amide bonds. The van der Waals surface area contributed by atoms with E-state index in [0.717, 1.165) is 50.1 Å². The summed E-state index contributed by atoms with van der Waals surface area (Å²) in [5.41, 5.74) is 5.51. The molecule has 0 aliphatic heterocycles. The fraction of sp³-hybridized carbons (Fsp3) is 0.222. The molecular weight excluding hydrogens is 318 g/mol. The van der Waals surface area contributed by atoms with Crippen molar-refractivity contribution in [3.05, 3.63) is 42.2 Å². The number of aromatic nitrogens is 5. The van der Waals surface area contributed by atoms with Gasteiger partial charge in [0.2, 0.25) is 0 Å². The molecule has 3 heterocycles. The molecule has 0 N–H and O–H groups in total. The number of pyridine rings is 1. The quantitative estimate of drug-likeness (QED) is 0.530. The second-order valence-corrected chi connectivity index (χ2v) is 6.86. The van der Waals surface area contributed by atoms with Crippen molar-refractivity contribution in [1.82, 2.24) is 24.5 Å². The summed E-state index contributed by atoms with van der Waals surface area (Å²) < 4.78 is 2.04. The Kier molecular flexibility index (Phi) is 3.69. The highest BCUT2D eigenvalue weighted by Gasteiger charge is 2.17. The minimum Gasteiger partial charge on any atom is -0.324 e. The number of imidazole rings is 1. The van der Waals surface area contributed by atoms with Crippen LogP contribution in [0.15, 0.2) is 41.6 Å². The number of rotatable bonds is 3. The van der Waals surface area contributed by atoms with Crippen molar-refractivity contribution in [1.29, 1.82) is 0 Å². The SMILES string of the molecule is CCSc1nc2ccccc2nc1-c1nc2cc(C)ncc2n1C. The maximum atomic E-state index is 4.86. The molecule has 24 heavy (non-hydrogen) atoms. The van der Waals surface area contributed by atoms with Gasteiger partial charge in [-0.2, -0.15) is 0 Å². The van der Waals surface area contributed by atoms with Crippen molar-refractivity contribution < 1.29 is 0 Å². The largest absolute Gasteiger partial charge is 0.324 e. The van der Waals surface area contributed by atoms with Crippen molar-refractivity contribution in [2.75, 3.05) is 5.75 Å². The van der Waals surface area contributed by atoms with Gasteiger partial charge in [-0.05, 0) is 30.9 Å². The van der Waals surface area contributed by atoms with E-state index in [9.17, 15) is 0 Å². The molecule has 3 aromatic heterocycles. The summed E-state index contributed by atoms with van der Waals surface area (Å²) in [6.45, 7) is 4.09. The lowest BCUT2D eigenvalue weighted by molar-refractivity contribution is 0.934. The van der Waals surface area contributed by atoms with E-state index >= 15 is 0 Å². The number of nitrogens with zero attached hydrogens (tertiary/aromatic N) is 5. The lowest BCUT2D eigenvalue weighted by Crippen LogP contribution is -2.00. The van der Waals surface area contributed by atoms with Crippen LogP contribution < -0.4 is 0 Å².